The minimum Gasteiger partial charge on any atom is -0.383 e. The van der Waals surface area contributed by atoms with E-state index in [1.807, 2.05) is 6.92 Å². The number of benzene rings is 1. The van der Waals surface area contributed by atoms with Crippen LogP contribution in [0.2, 0.25) is 5.02 Å². The van der Waals surface area contributed by atoms with Gasteiger partial charge in [-0.15, -0.1) is 0 Å². The average molecular weight is 313 g/mol. The highest BCUT2D eigenvalue weighted by molar-refractivity contribution is 6.31. The van der Waals surface area contributed by atoms with E-state index in [9.17, 15) is 14.0 Å². The van der Waals surface area contributed by atoms with Crippen LogP contribution in [0.25, 0.3) is 0 Å². The van der Waals surface area contributed by atoms with Crippen molar-refractivity contribution < 1.29 is 4.39 Å². The van der Waals surface area contributed by atoms with E-state index < -0.39 is 17.1 Å². The Morgan fingerprint density at radius 1 is 1.43 bits per heavy atom. The number of hydrogen-bond acceptors (Lipinski definition) is 4. The first-order chi connectivity index (χ1) is 9.93. The lowest BCUT2D eigenvalue weighted by atomic mass is 10.3. The van der Waals surface area contributed by atoms with Gasteiger partial charge in [0.05, 0.1) is 5.02 Å². The van der Waals surface area contributed by atoms with E-state index in [-0.39, 0.29) is 16.5 Å². The number of nitrogens with two attached hydrogens (primary N) is 1. The fourth-order valence-electron chi connectivity index (χ4n) is 1.87. The minimum absolute atomic E-state index is 0.0192. The third-order valence-corrected chi connectivity index (χ3v) is 3.17. The predicted molar refractivity (Wildman–Crippen MR) is 80.7 cm³/mol. The number of aromatic nitrogens is 2. The Hall–Kier alpha value is -2.28. The summed E-state index contributed by atoms with van der Waals surface area (Å²) >= 11 is 5.68. The number of hydrogen-bond donors (Lipinski definition) is 3. The quantitative estimate of drug-likeness (QED) is 0.805. The van der Waals surface area contributed by atoms with Gasteiger partial charge < -0.3 is 11.1 Å². The molecule has 1 aromatic heterocycles. The standard InChI is InChI=1S/C13H14ClFN4O2/c1-2-5-19-11(16)10(12(20)18-13(19)21)17-7-3-4-9(15)8(14)6-7/h3-4,6,17H,2,5,16H2,1H3,(H,18,20,21). The molecule has 0 aliphatic rings. The van der Waals surface area contributed by atoms with Crippen molar-refractivity contribution in [2.45, 2.75) is 19.9 Å². The molecule has 0 aliphatic carbocycles. The topological polar surface area (TPSA) is 92.9 Å². The van der Waals surface area contributed by atoms with Crippen LogP contribution in [0.15, 0.2) is 27.8 Å². The summed E-state index contributed by atoms with van der Waals surface area (Å²) in [6, 6.07) is 3.90. The second kappa shape index (κ2) is 6.01. The first kappa shape index (κ1) is 15.1. The molecule has 0 unspecified atom stereocenters. The molecule has 0 radical (unpaired) electrons. The largest absolute Gasteiger partial charge is 0.383 e. The van der Waals surface area contributed by atoms with Crippen LogP contribution >= 0.6 is 11.6 Å². The van der Waals surface area contributed by atoms with Crippen LogP contribution in [-0.2, 0) is 6.54 Å². The summed E-state index contributed by atoms with van der Waals surface area (Å²) in [5.74, 6) is -0.550. The Bertz CT molecular complexity index is 785. The zero-order valence-corrected chi connectivity index (χ0v) is 12.0. The third-order valence-electron chi connectivity index (χ3n) is 2.88. The summed E-state index contributed by atoms with van der Waals surface area (Å²) in [6.45, 7) is 2.25. The lowest BCUT2D eigenvalue weighted by Crippen LogP contribution is -2.33. The van der Waals surface area contributed by atoms with Gasteiger partial charge in [0.1, 0.15) is 17.3 Å². The van der Waals surface area contributed by atoms with Crippen LogP contribution in [0.3, 0.4) is 0 Å². The van der Waals surface area contributed by atoms with E-state index in [1.165, 1.54) is 16.7 Å². The van der Waals surface area contributed by atoms with Crippen molar-refractivity contribution in [1.29, 1.82) is 0 Å². The number of nitrogen functional groups attached to an aromatic ring is 1. The minimum atomic E-state index is -0.648. The molecule has 0 atom stereocenters. The maximum absolute atomic E-state index is 13.1. The molecule has 0 bridgehead atoms. The Kier molecular flexibility index (Phi) is 4.32. The van der Waals surface area contributed by atoms with Crippen molar-refractivity contribution >= 4 is 28.8 Å². The van der Waals surface area contributed by atoms with Crippen LogP contribution in [0.4, 0.5) is 21.6 Å². The Morgan fingerprint density at radius 2 is 2.14 bits per heavy atom. The van der Waals surface area contributed by atoms with Crippen molar-refractivity contribution in [3.63, 3.8) is 0 Å². The predicted octanol–water partition coefficient (Wildman–Crippen LogP) is 2.06. The summed E-state index contributed by atoms with van der Waals surface area (Å²) in [5.41, 5.74) is 5.05. The smallest absolute Gasteiger partial charge is 0.330 e. The van der Waals surface area contributed by atoms with Crippen molar-refractivity contribution in [1.82, 2.24) is 9.55 Å². The number of halogens is 2. The molecule has 0 saturated carbocycles. The van der Waals surface area contributed by atoms with Gasteiger partial charge in [-0.2, -0.15) is 0 Å². The first-order valence-corrected chi connectivity index (χ1v) is 6.66. The Labute approximate surface area is 124 Å². The number of rotatable bonds is 4. The average Bonchev–Trinajstić information content (AvgIpc) is 2.43. The summed E-state index contributed by atoms with van der Waals surface area (Å²) in [4.78, 5) is 25.7. The van der Waals surface area contributed by atoms with Gasteiger partial charge >= 0.3 is 5.69 Å². The maximum Gasteiger partial charge on any atom is 0.330 e. The van der Waals surface area contributed by atoms with Crippen LogP contribution < -0.4 is 22.3 Å². The van der Waals surface area contributed by atoms with Crippen molar-refractivity contribution in [2.75, 3.05) is 11.1 Å². The molecule has 0 saturated heterocycles. The number of nitrogens with one attached hydrogen (secondary N) is 2. The summed E-state index contributed by atoms with van der Waals surface area (Å²) < 4.78 is 14.4. The van der Waals surface area contributed by atoms with Crippen LogP contribution in [0.1, 0.15) is 13.3 Å². The molecule has 1 aromatic carbocycles. The van der Waals surface area contributed by atoms with Crippen LogP contribution in [0, 0.1) is 5.82 Å². The van der Waals surface area contributed by atoms with E-state index in [0.717, 1.165) is 6.07 Å². The van der Waals surface area contributed by atoms with Gasteiger partial charge in [0.2, 0.25) is 0 Å². The number of nitrogens with zero attached hydrogens (tertiary/aromatic N) is 1. The molecule has 2 aromatic rings. The molecule has 4 N–H and O–H groups in total. The maximum atomic E-state index is 13.1. The molecular weight excluding hydrogens is 299 g/mol. The summed E-state index contributed by atoms with van der Waals surface area (Å²) in [7, 11) is 0. The molecule has 112 valence electrons. The molecule has 1 heterocycles. The fourth-order valence-corrected chi connectivity index (χ4v) is 2.05. The van der Waals surface area contributed by atoms with Gasteiger partial charge in [0.25, 0.3) is 5.56 Å². The van der Waals surface area contributed by atoms with Crippen molar-refractivity contribution in [2.24, 2.45) is 0 Å². The lowest BCUT2D eigenvalue weighted by molar-refractivity contribution is 0.628. The van der Waals surface area contributed by atoms with Gasteiger partial charge in [0.15, 0.2) is 0 Å². The van der Waals surface area contributed by atoms with Crippen LogP contribution in [-0.4, -0.2) is 9.55 Å². The summed E-state index contributed by atoms with van der Waals surface area (Å²) in [6.07, 6.45) is 0.679. The molecular formula is C13H14ClFN4O2. The van der Waals surface area contributed by atoms with Crippen molar-refractivity contribution in [3.05, 3.63) is 49.9 Å². The highest BCUT2D eigenvalue weighted by Crippen LogP contribution is 2.23. The van der Waals surface area contributed by atoms with E-state index in [1.54, 1.807) is 0 Å². The molecule has 2 rings (SSSR count). The van der Waals surface area contributed by atoms with E-state index in [2.05, 4.69) is 10.3 Å². The molecule has 0 aliphatic heterocycles. The number of aromatic amines is 1. The second-order valence-electron chi connectivity index (χ2n) is 4.43. The fraction of sp³-hybridized carbons (Fsp3) is 0.231. The SMILES string of the molecule is CCCn1c(N)c(Nc2ccc(F)c(Cl)c2)c(=O)[nH]c1=O. The third kappa shape index (κ3) is 3.08. The summed E-state index contributed by atoms with van der Waals surface area (Å²) in [5, 5.41) is 2.67. The van der Waals surface area contributed by atoms with Crippen LogP contribution in [0.5, 0.6) is 0 Å². The monoisotopic (exact) mass is 312 g/mol. The molecule has 0 fully saturated rings. The lowest BCUT2D eigenvalue weighted by Gasteiger charge is -2.13. The van der Waals surface area contributed by atoms with Gasteiger partial charge in [-0.1, -0.05) is 18.5 Å². The van der Waals surface area contributed by atoms with Gasteiger partial charge in [-0.3, -0.25) is 14.3 Å². The Balaban J connectivity index is 2.48. The van der Waals surface area contributed by atoms with Gasteiger partial charge in [-0.05, 0) is 24.6 Å². The highest BCUT2D eigenvalue weighted by Gasteiger charge is 2.12. The Morgan fingerprint density at radius 3 is 2.76 bits per heavy atom. The number of anilines is 3. The van der Waals surface area contributed by atoms with E-state index in [0.29, 0.717) is 18.7 Å². The second-order valence-corrected chi connectivity index (χ2v) is 4.83. The highest BCUT2D eigenvalue weighted by atomic mass is 35.5. The zero-order chi connectivity index (χ0) is 15.6. The number of H-pyrrole nitrogens is 1. The van der Waals surface area contributed by atoms with Crippen molar-refractivity contribution in [3.8, 4) is 0 Å². The molecule has 0 spiro atoms. The van der Waals surface area contributed by atoms with E-state index in [4.69, 9.17) is 17.3 Å². The molecule has 6 nitrogen and oxygen atoms in total. The van der Waals surface area contributed by atoms with E-state index >= 15 is 0 Å². The molecule has 0 amide bonds. The van der Waals surface area contributed by atoms with Gasteiger partial charge in [0, 0.05) is 12.2 Å². The normalized spacial score (nSPS) is 10.6. The van der Waals surface area contributed by atoms with Gasteiger partial charge in [-0.25, -0.2) is 9.18 Å². The zero-order valence-electron chi connectivity index (χ0n) is 11.2. The first-order valence-electron chi connectivity index (χ1n) is 6.28. The molecule has 21 heavy (non-hydrogen) atoms. The molecule has 8 heteroatoms.